The van der Waals surface area contributed by atoms with Gasteiger partial charge in [-0.3, -0.25) is 0 Å². The van der Waals surface area contributed by atoms with Crippen LogP contribution in [-0.4, -0.2) is 20.1 Å². The normalized spacial score (nSPS) is 12.7. The maximum absolute atomic E-state index is 10.7. The molecule has 4 nitrogen and oxygen atoms in total. The summed E-state index contributed by atoms with van der Waals surface area (Å²) in [7, 11) is 0. The van der Waals surface area contributed by atoms with E-state index in [2.05, 4.69) is 17.2 Å². The molecule has 0 spiro atoms. The number of nitrogens with zero attached hydrogens (tertiary/aromatic N) is 3. The van der Waals surface area contributed by atoms with Crippen LogP contribution in [0.3, 0.4) is 0 Å². The van der Waals surface area contributed by atoms with Crippen molar-refractivity contribution in [1.29, 1.82) is 0 Å². The Hall–Kier alpha value is -2.20. The molecule has 4 heteroatoms. The van der Waals surface area contributed by atoms with Gasteiger partial charge in [0.05, 0.1) is 11.9 Å². The summed E-state index contributed by atoms with van der Waals surface area (Å²) in [6.07, 6.45) is 1.89. The quantitative estimate of drug-likeness (QED) is 0.790. The van der Waals surface area contributed by atoms with E-state index in [0.29, 0.717) is 0 Å². The average Bonchev–Trinajstić information content (AvgIpc) is 2.94. The van der Waals surface area contributed by atoms with Gasteiger partial charge in [0.25, 0.3) is 0 Å². The van der Waals surface area contributed by atoms with E-state index in [1.807, 2.05) is 42.5 Å². The van der Waals surface area contributed by atoms with E-state index in [-0.39, 0.29) is 0 Å². The fourth-order valence-corrected chi connectivity index (χ4v) is 2.51. The average molecular weight is 267 g/mol. The molecular weight excluding hydrogens is 250 g/mol. The number of rotatable bonds is 4. The van der Waals surface area contributed by atoms with Crippen molar-refractivity contribution in [2.75, 3.05) is 0 Å². The third-order valence-corrected chi connectivity index (χ3v) is 3.48. The molecule has 2 aromatic carbocycles. The molecule has 3 rings (SSSR count). The molecule has 3 aromatic rings. The molecule has 1 heterocycles. The van der Waals surface area contributed by atoms with Gasteiger partial charge in [-0.05, 0) is 22.8 Å². The van der Waals surface area contributed by atoms with Gasteiger partial charge in [-0.2, -0.15) is 0 Å². The summed E-state index contributed by atoms with van der Waals surface area (Å²) in [4.78, 5) is 0. The minimum atomic E-state index is -0.706. The Morgan fingerprint density at radius 3 is 2.80 bits per heavy atom. The first-order valence-electron chi connectivity index (χ1n) is 6.85. The molecule has 0 aliphatic carbocycles. The molecule has 1 unspecified atom stereocenters. The van der Waals surface area contributed by atoms with Gasteiger partial charge in [0.2, 0.25) is 0 Å². The predicted octanol–water partition coefficient (Wildman–Crippen LogP) is 2.92. The van der Waals surface area contributed by atoms with Gasteiger partial charge in [-0.1, -0.05) is 54.6 Å². The summed E-state index contributed by atoms with van der Waals surface area (Å²) in [5.74, 6) is 0. The number of aryl methyl sites for hydroxylation is 1. The van der Waals surface area contributed by atoms with Crippen LogP contribution in [0.4, 0.5) is 0 Å². The highest BCUT2D eigenvalue weighted by molar-refractivity contribution is 5.86. The SMILES string of the molecule is CCCn1nncc1C(O)c1cccc2ccccc12. The van der Waals surface area contributed by atoms with Crippen LogP contribution in [0.25, 0.3) is 10.8 Å². The van der Waals surface area contributed by atoms with E-state index in [9.17, 15) is 5.11 Å². The van der Waals surface area contributed by atoms with Gasteiger partial charge in [0.1, 0.15) is 6.10 Å². The molecule has 20 heavy (non-hydrogen) atoms. The molecule has 0 saturated carbocycles. The smallest absolute Gasteiger partial charge is 0.123 e. The van der Waals surface area contributed by atoms with Crippen molar-refractivity contribution in [1.82, 2.24) is 15.0 Å². The van der Waals surface area contributed by atoms with Crippen molar-refractivity contribution in [3.8, 4) is 0 Å². The lowest BCUT2D eigenvalue weighted by molar-refractivity contribution is 0.209. The highest BCUT2D eigenvalue weighted by atomic mass is 16.3. The van der Waals surface area contributed by atoms with Crippen molar-refractivity contribution >= 4 is 10.8 Å². The van der Waals surface area contributed by atoms with Crippen molar-refractivity contribution in [2.24, 2.45) is 0 Å². The van der Waals surface area contributed by atoms with Crippen molar-refractivity contribution in [2.45, 2.75) is 26.0 Å². The van der Waals surface area contributed by atoms with Gasteiger partial charge < -0.3 is 5.11 Å². The molecule has 0 bridgehead atoms. The Bertz CT molecular complexity index is 715. The number of aliphatic hydroxyl groups is 1. The number of aromatic nitrogens is 3. The third-order valence-electron chi connectivity index (χ3n) is 3.48. The fraction of sp³-hybridized carbons (Fsp3) is 0.250. The molecule has 0 saturated heterocycles. The van der Waals surface area contributed by atoms with Crippen LogP contribution >= 0.6 is 0 Å². The zero-order valence-corrected chi connectivity index (χ0v) is 11.4. The Morgan fingerprint density at radius 2 is 1.95 bits per heavy atom. The van der Waals surface area contributed by atoms with Crippen LogP contribution < -0.4 is 0 Å². The monoisotopic (exact) mass is 267 g/mol. The van der Waals surface area contributed by atoms with Crippen LogP contribution in [0.2, 0.25) is 0 Å². The number of hydrogen-bond donors (Lipinski definition) is 1. The van der Waals surface area contributed by atoms with E-state index in [0.717, 1.165) is 35.0 Å². The second kappa shape index (κ2) is 5.43. The van der Waals surface area contributed by atoms with Gasteiger partial charge in [0.15, 0.2) is 0 Å². The van der Waals surface area contributed by atoms with Gasteiger partial charge in [0, 0.05) is 6.54 Å². The standard InChI is InChI=1S/C16H17N3O/c1-2-10-19-15(11-17-18-19)16(20)14-9-5-7-12-6-3-4-8-13(12)14/h3-9,11,16,20H,2,10H2,1H3. The summed E-state index contributed by atoms with van der Waals surface area (Å²) in [6.45, 7) is 2.84. The van der Waals surface area contributed by atoms with Crippen molar-refractivity contribution < 1.29 is 5.11 Å². The maximum atomic E-state index is 10.7. The largest absolute Gasteiger partial charge is 0.382 e. The number of fused-ring (bicyclic) bond motifs is 1. The molecular formula is C16H17N3O. The Balaban J connectivity index is 2.08. The summed E-state index contributed by atoms with van der Waals surface area (Å²) >= 11 is 0. The van der Waals surface area contributed by atoms with E-state index in [1.54, 1.807) is 10.9 Å². The van der Waals surface area contributed by atoms with Crippen LogP contribution in [0.15, 0.2) is 48.7 Å². The van der Waals surface area contributed by atoms with E-state index in [4.69, 9.17) is 0 Å². The number of aliphatic hydroxyl groups excluding tert-OH is 1. The summed E-state index contributed by atoms with van der Waals surface area (Å²) in [5.41, 5.74) is 1.63. The molecule has 0 amide bonds. The van der Waals surface area contributed by atoms with Crippen molar-refractivity contribution in [3.05, 3.63) is 59.9 Å². The zero-order chi connectivity index (χ0) is 13.9. The minimum absolute atomic E-state index is 0.706. The molecule has 0 aliphatic rings. The van der Waals surface area contributed by atoms with Crippen LogP contribution in [0.5, 0.6) is 0 Å². The maximum Gasteiger partial charge on any atom is 0.123 e. The Morgan fingerprint density at radius 1 is 1.15 bits per heavy atom. The molecule has 1 N–H and O–H groups in total. The topological polar surface area (TPSA) is 50.9 Å². The molecule has 0 fully saturated rings. The Labute approximate surface area is 117 Å². The van der Waals surface area contributed by atoms with Crippen LogP contribution in [-0.2, 0) is 6.54 Å². The van der Waals surface area contributed by atoms with Crippen LogP contribution in [0, 0.1) is 0 Å². The molecule has 102 valence electrons. The first kappa shape index (κ1) is 12.8. The van der Waals surface area contributed by atoms with Crippen LogP contribution in [0.1, 0.15) is 30.7 Å². The highest BCUT2D eigenvalue weighted by Gasteiger charge is 2.18. The first-order valence-corrected chi connectivity index (χ1v) is 6.85. The lowest BCUT2D eigenvalue weighted by Gasteiger charge is -2.14. The van der Waals surface area contributed by atoms with Gasteiger partial charge in [-0.25, -0.2) is 4.68 Å². The molecule has 0 aliphatic heterocycles. The first-order chi connectivity index (χ1) is 9.81. The fourth-order valence-electron chi connectivity index (χ4n) is 2.51. The number of hydrogen-bond acceptors (Lipinski definition) is 3. The third kappa shape index (κ3) is 2.18. The van der Waals surface area contributed by atoms with E-state index < -0.39 is 6.10 Å². The lowest BCUT2D eigenvalue weighted by Crippen LogP contribution is -2.10. The lowest BCUT2D eigenvalue weighted by atomic mass is 9.99. The Kier molecular flexibility index (Phi) is 3.48. The van der Waals surface area contributed by atoms with E-state index >= 15 is 0 Å². The molecule has 0 radical (unpaired) electrons. The zero-order valence-electron chi connectivity index (χ0n) is 11.4. The predicted molar refractivity (Wildman–Crippen MR) is 78.3 cm³/mol. The number of benzene rings is 2. The molecule has 1 aromatic heterocycles. The second-order valence-corrected chi connectivity index (χ2v) is 4.85. The van der Waals surface area contributed by atoms with E-state index in [1.165, 1.54) is 0 Å². The van der Waals surface area contributed by atoms with Gasteiger partial charge in [-0.15, -0.1) is 5.10 Å². The highest BCUT2D eigenvalue weighted by Crippen LogP contribution is 2.28. The summed E-state index contributed by atoms with van der Waals surface area (Å²) in [5, 5.41) is 20.8. The summed E-state index contributed by atoms with van der Waals surface area (Å²) < 4.78 is 1.77. The van der Waals surface area contributed by atoms with Crippen molar-refractivity contribution in [3.63, 3.8) is 0 Å². The minimum Gasteiger partial charge on any atom is -0.382 e. The van der Waals surface area contributed by atoms with Gasteiger partial charge >= 0.3 is 0 Å². The molecule has 1 atom stereocenters. The second-order valence-electron chi connectivity index (χ2n) is 4.85. The summed E-state index contributed by atoms with van der Waals surface area (Å²) in [6, 6.07) is 14.0.